The van der Waals surface area contributed by atoms with Crippen LogP contribution in [-0.4, -0.2) is 23.5 Å². The number of anilines is 2. The molecular formula is C11H11N3O4S. The number of nitrogens with one attached hydrogen (secondary N) is 1. The Morgan fingerprint density at radius 2 is 2.37 bits per heavy atom. The van der Waals surface area contributed by atoms with E-state index in [0.717, 1.165) is 11.3 Å². The minimum atomic E-state index is -0.616. The van der Waals surface area contributed by atoms with Crippen LogP contribution in [0.4, 0.5) is 10.1 Å². The van der Waals surface area contributed by atoms with Crippen LogP contribution in [0.2, 0.25) is 0 Å². The van der Waals surface area contributed by atoms with Crippen LogP contribution in [0.25, 0.3) is 0 Å². The van der Waals surface area contributed by atoms with E-state index in [1.807, 2.05) is 0 Å². The first-order valence-corrected chi connectivity index (χ1v) is 6.21. The summed E-state index contributed by atoms with van der Waals surface area (Å²) >= 11 is 0.986. The predicted octanol–water partition coefficient (Wildman–Crippen LogP) is 1.75. The molecule has 8 heteroatoms. The first kappa shape index (κ1) is 13.1. The number of esters is 1. The fourth-order valence-electron chi connectivity index (χ4n) is 1.30. The van der Waals surface area contributed by atoms with Gasteiger partial charge in [0.05, 0.1) is 12.9 Å². The SMILES string of the molecule is CCOC(=O)c1nc(NC(=O)c2ccco2)sc1N. The molecule has 0 atom stereocenters. The maximum Gasteiger partial charge on any atom is 0.360 e. The maximum absolute atomic E-state index is 11.7. The number of furan rings is 1. The van der Waals surface area contributed by atoms with E-state index in [0.29, 0.717) is 0 Å². The molecule has 2 heterocycles. The summed E-state index contributed by atoms with van der Waals surface area (Å²) in [5.74, 6) is -0.935. The molecule has 0 saturated heterocycles. The molecule has 2 rings (SSSR count). The van der Waals surface area contributed by atoms with E-state index in [9.17, 15) is 9.59 Å². The Morgan fingerprint density at radius 1 is 1.58 bits per heavy atom. The first-order valence-electron chi connectivity index (χ1n) is 5.40. The van der Waals surface area contributed by atoms with E-state index in [2.05, 4.69) is 10.3 Å². The number of amides is 1. The third-order valence-corrected chi connectivity index (χ3v) is 2.89. The number of rotatable bonds is 4. The van der Waals surface area contributed by atoms with Crippen molar-refractivity contribution in [3.05, 3.63) is 29.9 Å². The van der Waals surface area contributed by atoms with Crippen molar-refractivity contribution >= 4 is 33.3 Å². The molecule has 100 valence electrons. The van der Waals surface area contributed by atoms with Crippen LogP contribution in [0.15, 0.2) is 22.8 Å². The Labute approximate surface area is 112 Å². The summed E-state index contributed by atoms with van der Waals surface area (Å²) in [7, 11) is 0. The number of hydrogen-bond donors (Lipinski definition) is 2. The summed E-state index contributed by atoms with van der Waals surface area (Å²) < 4.78 is 9.73. The Hall–Kier alpha value is -2.35. The Bertz CT molecular complexity index is 591. The van der Waals surface area contributed by atoms with Crippen LogP contribution in [0.1, 0.15) is 28.0 Å². The average Bonchev–Trinajstić information content (AvgIpc) is 2.99. The van der Waals surface area contributed by atoms with Crippen molar-refractivity contribution in [3.63, 3.8) is 0 Å². The lowest BCUT2D eigenvalue weighted by Crippen LogP contribution is -2.11. The molecular weight excluding hydrogens is 270 g/mol. The summed E-state index contributed by atoms with van der Waals surface area (Å²) in [6, 6.07) is 3.10. The van der Waals surface area contributed by atoms with Gasteiger partial charge in [0, 0.05) is 0 Å². The van der Waals surface area contributed by atoms with Gasteiger partial charge in [-0.2, -0.15) is 0 Å². The number of carbonyl (C=O) groups is 2. The normalized spacial score (nSPS) is 10.2. The molecule has 0 radical (unpaired) electrons. The zero-order valence-corrected chi connectivity index (χ0v) is 10.8. The third kappa shape index (κ3) is 2.91. The van der Waals surface area contributed by atoms with E-state index >= 15 is 0 Å². The zero-order valence-electron chi connectivity index (χ0n) is 10.0. The largest absolute Gasteiger partial charge is 0.461 e. The van der Waals surface area contributed by atoms with Crippen LogP contribution in [0, 0.1) is 0 Å². The lowest BCUT2D eigenvalue weighted by atomic mass is 10.4. The molecule has 7 nitrogen and oxygen atoms in total. The fraction of sp³-hybridized carbons (Fsp3) is 0.182. The second-order valence-corrected chi connectivity index (χ2v) is 4.41. The minimum Gasteiger partial charge on any atom is -0.461 e. The van der Waals surface area contributed by atoms with Crippen molar-refractivity contribution in [2.75, 3.05) is 17.7 Å². The van der Waals surface area contributed by atoms with E-state index in [-0.39, 0.29) is 28.2 Å². The molecule has 0 aliphatic heterocycles. The van der Waals surface area contributed by atoms with Crippen molar-refractivity contribution in [2.45, 2.75) is 6.92 Å². The van der Waals surface area contributed by atoms with Crippen molar-refractivity contribution < 1.29 is 18.7 Å². The highest BCUT2D eigenvalue weighted by molar-refractivity contribution is 7.19. The van der Waals surface area contributed by atoms with Gasteiger partial charge in [-0.25, -0.2) is 9.78 Å². The number of nitrogens with two attached hydrogens (primary N) is 1. The summed E-state index contributed by atoms with van der Waals surface area (Å²) in [5.41, 5.74) is 5.65. The molecule has 1 amide bonds. The Balaban J connectivity index is 2.12. The van der Waals surface area contributed by atoms with Gasteiger partial charge in [-0.05, 0) is 19.1 Å². The van der Waals surface area contributed by atoms with Gasteiger partial charge in [-0.15, -0.1) is 0 Å². The van der Waals surface area contributed by atoms with Gasteiger partial charge in [0.25, 0.3) is 5.91 Å². The second-order valence-electron chi connectivity index (χ2n) is 3.38. The maximum atomic E-state index is 11.7. The number of hydrogen-bond acceptors (Lipinski definition) is 7. The van der Waals surface area contributed by atoms with Crippen LogP contribution in [0.3, 0.4) is 0 Å². The summed E-state index contributed by atoms with van der Waals surface area (Å²) in [5, 5.41) is 2.89. The zero-order chi connectivity index (χ0) is 13.8. The Kier molecular flexibility index (Phi) is 3.81. The molecule has 0 spiro atoms. The molecule has 2 aromatic rings. The lowest BCUT2D eigenvalue weighted by molar-refractivity contribution is 0.0521. The van der Waals surface area contributed by atoms with Gasteiger partial charge in [-0.1, -0.05) is 11.3 Å². The van der Waals surface area contributed by atoms with Crippen molar-refractivity contribution in [1.82, 2.24) is 4.98 Å². The molecule has 0 aliphatic carbocycles. The topological polar surface area (TPSA) is 107 Å². The second kappa shape index (κ2) is 5.53. The van der Waals surface area contributed by atoms with Crippen molar-refractivity contribution in [3.8, 4) is 0 Å². The standard InChI is InChI=1S/C11H11N3O4S/c1-2-17-10(16)7-8(12)19-11(13-7)14-9(15)6-4-3-5-18-6/h3-5H,2,12H2,1H3,(H,13,14,15). The van der Waals surface area contributed by atoms with E-state index in [1.54, 1.807) is 13.0 Å². The molecule has 0 aromatic carbocycles. The molecule has 0 saturated carbocycles. The smallest absolute Gasteiger partial charge is 0.360 e. The highest BCUT2D eigenvalue weighted by atomic mass is 32.1. The number of nitrogen functional groups attached to an aromatic ring is 1. The van der Waals surface area contributed by atoms with E-state index in [4.69, 9.17) is 14.9 Å². The highest BCUT2D eigenvalue weighted by Crippen LogP contribution is 2.26. The molecule has 0 bridgehead atoms. The minimum absolute atomic E-state index is 0.00148. The highest BCUT2D eigenvalue weighted by Gasteiger charge is 2.19. The number of nitrogens with zero attached hydrogens (tertiary/aromatic N) is 1. The van der Waals surface area contributed by atoms with Crippen LogP contribution >= 0.6 is 11.3 Å². The molecule has 0 aliphatic rings. The van der Waals surface area contributed by atoms with Crippen molar-refractivity contribution in [2.24, 2.45) is 0 Å². The van der Waals surface area contributed by atoms with Gasteiger partial charge in [0.1, 0.15) is 5.00 Å². The van der Waals surface area contributed by atoms with Gasteiger partial charge >= 0.3 is 5.97 Å². The number of thiazole rings is 1. The van der Waals surface area contributed by atoms with Crippen molar-refractivity contribution in [1.29, 1.82) is 0 Å². The molecule has 0 unspecified atom stereocenters. The summed E-state index contributed by atoms with van der Waals surface area (Å²) in [6.07, 6.45) is 1.38. The predicted molar refractivity (Wildman–Crippen MR) is 69.1 cm³/mol. The quantitative estimate of drug-likeness (QED) is 0.826. The summed E-state index contributed by atoms with van der Waals surface area (Å²) in [6.45, 7) is 1.91. The number of ether oxygens (including phenoxy) is 1. The van der Waals surface area contributed by atoms with Gasteiger partial charge in [0.15, 0.2) is 16.6 Å². The summed E-state index contributed by atoms with van der Waals surface area (Å²) in [4.78, 5) is 27.1. The molecule has 19 heavy (non-hydrogen) atoms. The van der Waals surface area contributed by atoms with Gasteiger partial charge in [-0.3, -0.25) is 10.1 Å². The van der Waals surface area contributed by atoms with Crippen LogP contribution in [0.5, 0.6) is 0 Å². The lowest BCUT2D eigenvalue weighted by Gasteiger charge is -1.98. The molecule has 3 N–H and O–H groups in total. The monoisotopic (exact) mass is 281 g/mol. The van der Waals surface area contributed by atoms with E-state index < -0.39 is 11.9 Å². The molecule has 0 fully saturated rings. The average molecular weight is 281 g/mol. The van der Waals surface area contributed by atoms with E-state index in [1.165, 1.54) is 12.3 Å². The third-order valence-electron chi connectivity index (χ3n) is 2.09. The van der Waals surface area contributed by atoms with Crippen LogP contribution < -0.4 is 11.1 Å². The van der Waals surface area contributed by atoms with Gasteiger partial charge in [0.2, 0.25) is 0 Å². The van der Waals surface area contributed by atoms with Crippen LogP contribution in [-0.2, 0) is 4.74 Å². The first-order chi connectivity index (χ1) is 9.11. The Morgan fingerprint density at radius 3 is 3.00 bits per heavy atom. The molecule has 2 aromatic heterocycles. The van der Waals surface area contributed by atoms with Gasteiger partial charge < -0.3 is 14.9 Å². The number of carbonyl (C=O) groups excluding carboxylic acids is 2. The number of aromatic nitrogens is 1. The fourth-order valence-corrected chi connectivity index (χ4v) is 2.01.